The Morgan fingerprint density at radius 1 is 1.27 bits per heavy atom. The van der Waals surface area contributed by atoms with Crippen molar-refractivity contribution in [3.05, 3.63) is 29.3 Å². The molecule has 1 aliphatic heterocycles. The van der Waals surface area contributed by atoms with Gasteiger partial charge in [-0.3, -0.25) is 0 Å². The van der Waals surface area contributed by atoms with Gasteiger partial charge in [-0.25, -0.2) is 4.79 Å². The monoisotopic (exact) mass is 476 g/mol. The molecule has 1 aromatic rings. The predicted molar refractivity (Wildman–Crippen MR) is 83.1 cm³/mol. The van der Waals surface area contributed by atoms with E-state index in [4.69, 9.17) is 5.11 Å². The molecular weight excluding hydrogens is 452 g/mol. The molecule has 0 aromatic heterocycles. The number of fused-ring (bicyclic) bond motifs is 1. The van der Waals surface area contributed by atoms with Crippen LogP contribution in [0.5, 0.6) is 0 Å². The largest absolute Gasteiger partial charge is 0.465 e. The van der Waals surface area contributed by atoms with E-state index in [-0.39, 0.29) is 26.5 Å². The molecule has 2 N–H and O–H groups in total. The number of anilines is 1. The average molecular weight is 476 g/mol. The smallest absolute Gasteiger partial charge is 0.404 e. The molecule has 1 fully saturated rings. The van der Waals surface area contributed by atoms with Crippen molar-refractivity contribution in [1.29, 1.82) is 0 Å². The number of carbonyl (C=O) groups is 1. The van der Waals surface area contributed by atoms with Gasteiger partial charge in [0.1, 0.15) is 0 Å². The summed E-state index contributed by atoms with van der Waals surface area (Å²) in [7, 11) is 2.16. The Labute approximate surface area is 145 Å². The van der Waals surface area contributed by atoms with Crippen LogP contribution in [-0.2, 0) is 33.3 Å². The summed E-state index contributed by atoms with van der Waals surface area (Å²) in [4.78, 5) is 15.7. The maximum absolute atomic E-state index is 10.9. The third-order valence-electron chi connectivity index (χ3n) is 4.63. The van der Waals surface area contributed by atoms with E-state index in [1.54, 1.807) is 0 Å². The molecule has 22 heavy (non-hydrogen) atoms. The number of aryl methyl sites for hydroxylation is 1. The quantitative estimate of drug-likeness (QED) is 0.682. The molecule has 0 saturated carbocycles. The van der Waals surface area contributed by atoms with Gasteiger partial charge in [-0.15, -0.1) is 0 Å². The van der Waals surface area contributed by atoms with Crippen molar-refractivity contribution in [3.63, 3.8) is 0 Å². The maximum atomic E-state index is 10.9. The summed E-state index contributed by atoms with van der Waals surface area (Å²) in [5.74, 6) is 0. The fourth-order valence-electron chi connectivity index (χ4n) is 3.41. The van der Waals surface area contributed by atoms with Gasteiger partial charge in [-0.2, -0.15) is 0 Å². The van der Waals surface area contributed by atoms with Gasteiger partial charge < -0.3 is 20.2 Å². The molecule has 1 aromatic carbocycles. The summed E-state index contributed by atoms with van der Waals surface area (Å²) in [6, 6.07) is 6.56. The first-order chi connectivity index (χ1) is 10.1. The van der Waals surface area contributed by atoms with Gasteiger partial charge in [0.25, 0.3) is 0 Å². The molecule has 1 radical (unpaired) electrons. The van der Waals surface area contributed by atoms with Crippen LogP contribution < -0.4 is 10.2 Å². The van der Waals surface area contributed by atoms with Crippen molar-refractivity contribution in [2.75, 3.05) is 38.1 Å². The molecule has 3 rings (SSSR count). The molecule has 6 heteroatoms. The van der Waals surface area contributed by atoms with E-state index in [2.05, 4.69) is 40.4 Å². The molecule has 1 atom stereocenters. The minimum absolute atomic E-state index is 0. The first-order valence-corrected chi connectivity index (χ1v) is 7.67. The Balaban J connectivity index is 0.00000176. The fraction of sp³-hybridized carbons (Fsp3) is 0.562. The molecule has 1 aliphatic carbocycles. The van der Waals surface area contributed by atoms with Crippen LogP contribution in [0.2, 0.25) is 0 Å². The van der Waals surface area contributed by atoms with Crippen LogP contribution in [0.1, 0.15) is 17.5 Å². The van der Waals surface area contributed by atoms with Gasteiger partial charge in [-0.1, -0.05) is 12.1 Å². The van der Waals surface area contributed by atoms with Crippen LogP contribution in [0.25, 0.3) is 0 Å². The second kappa shape index (κ2) is 7.45. The normalized spacial score (nSPS) is 21.7. The van der Waals surface area contributed by atoms with Crippen LogP contribution in [0.4, 0.5) is 10.5 Å². The Kier molecular flexibility index (Phi) is 5.85. The van der Waals surface area contributed by atoms with Crippen LogP contribution >= 0.6 is 0 Å². The molecule has 1 unspecified atom stereocenters. The summed E-state index contributed by atoms with van der Waals surface area (Å²) in [5, 5.41) is 11.6. The topological polar surface area (TPSA) is 55.8 Å². The third kappa shape index (κ3) is 3.81. The van der Waals surface area contributed by atoms with Crippen LogP contribution in [0.3, 0.4) is 0 Å². The number of piperazine rings is 1. The standard InChI is InChI=1S/C16H23N3O2.Re/c1-18-7-9-19(10-8-18)15-4-2-3-12-5-6-13(11-14(12)15)17-16(20)21;/h2-4,13,17H,5-11H2,1H3,(H,20,21);. The van der Waals surface area contributed by atoms with Gasteiger partial charge >= 0.3 is 6.09 Å². The zero-order valence-electron chi connectivity index (χ0n) is 12.9. The minimum atomic E-state index is -0.916. The number of hydrogen-bond donors (Lipinski definition) is 2. The third-order valence-corrected chi connectivity index (χ3v) is 4.63. The number of carboxylic acid groups (broad SMARTS) is 1. The summed E-state index contributed by atoms with van der Waals surface area (Å²) >= 11 is 0. The van der Waals surface area contributed by atoms with Gasteiger partial charge in [0.05, 0.1) is 0 Å². The number of rotatable bonds is 2. The number of nitrogens with zero attached hydrogens (tertiary/aromatic N) is 2. The van der Waals surface area contributed by atoms with E-state index < -0.39 is 6.09 Å². The fourth-order valence-corrected chi connectivity index (χ4v) is 3.41. The molecule has 2 aliphatic rings. The molecule has 5 nitrogen and oxygen atoms in total. The van der Waals surface area contributed by atoms with Gasteiger partial charge in [-0.05, 0) is 43.5 Å². The van der Waals surface area contributed by atoms with Crippen molar-refractivity contribution in [2.24, 2.45) is 0 Å². The number of hydrogen-bond acceptors (Lipinski definition) is 3. The van der Waals surface area contributed by atoms with E-state index in [1.807, 2.05) is 0 Å². The molecule has 121 valence electrons. The number of likely N-dealkylation sites (N-methyl/N-ethyl adjacent to an activating group) is 1. The Morgan fingerprint density at radius 3 is 2.68 bits per heavy atom. The van der Waals surface area contributed by atoms with Crippen molar-refractivity contribution >= 4 is 11.8 Å². The maximum Gasteiger partial charge on any atom is 0.404 e. The molecule has 1 amide bonds. The summed E-state index contributed by atoms with van der Waals surface area (Å²) in [6.07, 6.45) is 1.75. The van der Waals surface area contributed by atoms with E-state index >= 15 is 0 Å². The number of nitrogens with one attached hydrogen (secondary N) is 1. The second-order valence-electron chi connectivity index (χ2n) is 6.09. The SMILES string of the molecule is CN1CCN(c2cccc3c2CC(NC(=O)O)CC3)CC1.[Re]. The molecule has 1 saturated heterocycles. The second-order valence-corrected chi connectivity index (χ2v) is 6.09. The molecule has 0 spiro atoms. The first kappa shape index (κ1) is 17.3. The number of amides is 1. The van der Waals surface area contributed by atoms with Crippen molar-refractivity contribution < 1.29 is 30.3 Å². The Hall–Kier alpha value is -1.09. The summed E-state index contributed by atoms with van der Waals surface area (Å²) in [6.45, 7) is 4.26. The van der Waals surface area contributed by atoms with Crippen LogP contribution in [0, 0.1) is 0 Å². The van der Waals surface area contributed by atoms with Crippen molar-refractivity contribution in [1.82, 2.24) is 10.2 Å². The van der Waals surface area contributed by atoms with Crippen LogP contribution in [-0.4, -0.2) is 55.4 Å². The van der Waals surface area contributed by atoms with Gasteiger partial charge in [0.2, 0.25) is 0 Å². The van der Waals surface area contributed by atoms with Crippen LogP contribution in [0.15, 0.2) is 18.2 Å². The minimum Gasteiger partial charge on any atom is -0.465 e. The Morgan fingerprint density at radius 2 is 2.00 bits per heavy atom. The summed E-state index contributed by atoms with van der Waals surface area (Å²) in [5.41, 5.74) is 4.03. The Bertz CT molecular complexity index is 530. The van der Waals surface area contributed by atoms with Crippen molar-refractivity contribution in [3.8, 4) is 0 Å². The number of benzene rings is 1. The summed E-state index contributed by atoms with van der Waals surface area (Å²) < 4.78 is 0. The van der Waals surface area contributed by atoms with Gasteiger partial charge in [0, 0.05) is 58.3 Å². The van der Waals surface area contributed by atoms with Gasteiger partial charge in [0.15, 0.2) is 0 Å². The zero-order chi connectivity index (χ0) is 14.8. The van der Waals surface area contributed by atoms with Crippen molar-refractivity contribution in [2.45, 2.75) is 25.3 Å². The van der Waals surface area contributed by atoms with E-state index in [0.717, 1.165) is 45.4 Å². The average Bonchev–Trinajstić information content (AvgIpc) is 2.47. The zero-order valence-corrected chi connectivity index (χ0v) is 15.6. The molecule has 0 bridgehead atoms. The first-order valence-electron chi connectivity index (χ1n) is 7.67. The molecular formula is C16H23N3O2Re. The van der Waals surface area contributed by atoms with E-state index in [0.29, 0.717) is 0 Å². The van der Waals surface area contributed by atoms with E-state index in [1.165, 1.54) is 16.8 Å². The van der Waals surface area contributed by atoms with E-state index in [9.17, 15) is 4.79 Å². The predicted octanol–water partition coefficient (Wildman–Crippen LogP) is 1.56. The molecule has 1 heterocycles.